The van der Waals surface area contributed by atoms with Crippen LogP contribution in [0.2, 0.25) is 0 Å². The minimum absolute atomic E-state index is 0.246. The molecule has 122 valence electrons. The molecule has 11 heteroatoms. The van der Waals surface area contributed by atoms with Crippen molar-refractivity contribution in [3.63, 3.8) is 0 Å². The van der Waals surface area contributed by atoms with E-state index in [0.717, 1.165) is 14.8 Å². The molecule has 1 heterocycles. The quantitative estimate of drug-likeness (QED) is 0.564. The van der Waals surface area contributed by atoms with E-state index in [0.29, 0.717) is 6.07 Å². The number of nitro groups is 2. The molecule has 0 aromatic heterocycles. The van der Waals surface area contributed by atoms with Gasteiger partial charge >= 0.3 is 0 Å². The SMILES string of the molecule is O=C1c2c([N+](=O)[O-])cc([N+](=O)[O-])cc2S(=O)N1c1ccc(Br)cc1. The molecule has 0 saturated carbocycles. The van der Waals surface area contributed by atoms with Gasteiger partial charge in [-0.3, -0.25) is 25.0 Å². The van der Waals surface area contributed by atoms with Crippen molar-refractivity contribution in [3.8, 4) is 0 Å². The van der Waals surface area contributed by atoms with Crippen LogP contribution in [0.3, 0.4) is 0 Å². The average molecular weight is 412 g/mol. The van der Waals surface area contributed by atoms with E-state index >= 15 is 0 Å². The Morgan fingerprint density at radius 1 is 1.04 bits per heavy atom. The van der Waals surface area contributed by atoms with E-state index in [1.165, 1.54) is 12.1 Å². The summed E-state index contributed by atoms with van der Waals surface area (Å²) >= 11 is 3.23. The first kappa shape index (κ1) is 16.2. The zero-order valence-electron chi connectivity index (χ0n) is 11.5. The fourth-order valence-corrected chi connectivity index (χ4v) is 3.86. The van der Waals surface area contributed by atoms with E-state index in [2.05, 4.69) is 15.9 Å². The molecule has 9 nitrogen and oxygen atoms in total. The molecule has 0 bridgehead atoms. The van der Waals surface area contributed by atoms with Gasteiger partial charge in [-0.25, -0.2) is 8.51 Å². The van der Waals surface area contributed by atoms with Crippen molar-refractivity contribution >= 4 is 49.9 Å². The zero-order valence-corrected chi connectivity index (χ0v) is 13.9. The molecule has 0 aliphatic carbocycles. The Morgan fingerprint density at radius 3 is 2.21 bits per heavy atom. The molecule has 3 rings (SSSR count). The molecule has 0 fully saturated rings. The highest BCUT2D eigenvalue weighted by Gasteiger charge is 2.43. The summed E-state index contributed by atoms with van der Waals surface area (Å²) in [7, 11) is -2.12. The third kappa shape index (κ3) is 2.47. The van der Waals surface area contributed by atoms with Gasteiger partial charge in [0.25, 0.3) is 17.3 Å². The number of nitrogens with zero attached hydrogens (tertiary/aromatic N) is 3. The highest BCUT2D eigenvalue weighted by atomic mass is 79.9. The lowest BCUT2D eigenvalue weighted by Crippen LogP contribution is -2.25. The second-order valence-electron chi connectivity index (χ2n) is 4.68. The number of hydrogen-bond acceptors (Lipinski definition) is 6. The monoisotopic (exact) mass is 411 g/mol. The minimum atomic E-state index is -2.12. The van der Waals surface area contributed by atoms with E-state index < -0.39 is 43.7 Å². The predicted molar refractivity (Wildman–Crippen MR) is 87.1 cm³/mol. The Balaban J connectivity index is 2.21. The van der Waals surface area contributed by atoms with Crippen LogP contribution in [0.5, 0.6) is 0 Å². The van der Waals surface area contributed by atoms with Crippen LogP contribution in [-0.2, 0) is 11.0 Å². The Bertz CT molecular complexity index is 930. The Labute approximate surface area is 144 Å². The zero-order chi connectivity index (χ0) is 17.6. The van der Waals surface area contributed by atoms with Crippen molar-refractivity contribution in [2.24, 2.45) is 0 Å². The van der Waals surface area contributed by atoms with Gasteiger partial charge < -0.3 is 0 Å². The molecule has 0 N–H and O–H groups in total. The topological polar surface area (TPSA) is 124 Å². The predicted octanol–water partition coefficient (Wildman–Crippen LogP) is 2.95. The van der Waals surface area contributed by atoms with Crippen LogP contribution in [0.4, 0.5) is 17.1 Å². The largest absolute Gasteiger partial charge is 0.290 e. The van der Waals surface area contributed by atoms with Gasteiger partial charge in [-0.05, 0) is 24.3 Å². The van der Waals surface area contributed by atoms with E-state index in [1.54, 1.807) is 12.1 Å². The van der Waals surface area contributed by atoms with Crippen LogP contribution in [0, 0.1) is 20.2 Å². The third-order valence-electron chi connectivity index (χ3n) is 3.29. The van der Waals surface area contributed by atoms with E-state index in [4.69, 9.17) is 0 Å². The molecule has 24 heavy (non-hydrogen) atoms. The van der Waals surface area contributed by atoms with Gasteiger partial charge in [0, 0.05) is 10.5 Å². The van der Waals surface area contributed by atoms with Crippen LogP contribution >= 0.6 is 15.9 Å². The van der Waals surface area contributed by atoms with Crippen molar-refractivity contribution in [1.82, 2.24) is 0 Å². The first-order valence-corrected chi connectivity index (χ1v) is 8.20. The molecular weight excluding hydrogens is 406 g/mol. The summed E-state index contributed by atoms with van der Waals surface area (Å²) in [4.78, 5) is 32.7. The van der Waals surface area contributed by atoms with Crippen molar-refractivity contribution < 1.29 is 18.9 Å². The van der Waals surface area contributed by atoms with Gasteiger partial charge in [0.1, 0.15) is 5.56 Å². The van der Waals surface area contributed by atoms with Gasteiger partial charge in [-0.15, -0.1) is 0 Å². The standard InChI is InChI=1S/C13H6BrN3O6S/c14-7-1-3-8(4-2-7)15-13(18)12-10(17(21)22)5-9(16(19)20)6-11(12)24(15)23/h1-6H. The van der Waals surface area contributed by atoms with Crippen LogP contribution in [0.1, 0.15) is 10.4 Å². The van der Waals surface area contributed by atoms with Gasteiger partial charge in [0.15, 0.2) is 11.0 Å². The number of halogens is 1. The number of non-ortho nitro benzene ring substituents is 1. The number of fused-ring (bicyclic) bond motifs is 1. The summed E-state index contributed by atoms with van der Waals surface area (Å²) in [6.45, 7) is 0. The molecule has 0 saturated heterocycles. The molecule has 2 aromatic carbocycles. The third-order valence-corrected chi connectivity index (χ3v) is 5.22. The fraction of sp³-hybridized carbons (Fsp3) is 0. The number of nitro benzene ring substituents is 2. The molecule has 2 aromatic rings. The molecule has 0 spiro atoms. The van der Waals surface area contributed by atoms with Crippen LogP contribution in [0.25, 0.3) is 0 Å². The van der Waals surface area contributed by atoms with Gasteiger partial charge in [-0.2, -0.15) is 0 Å². The molecule has 1 aliphatic heterocycles. The fourth-order valence-electron chi connectivity index (χ4n) is 2.25. The number of amides is 1. The first-order chi connectivity index (χ1) is 11.3. The lowest BCUT2D eigenvalue weighted by atomic mass is 10.1. The summed E-state index contributed by atoms with van der Waals surface area (Å²) in [6.07, 6.45) is 0. The molecular formula is C13H6BrN3O6S. The molecule has 0 radical (unpaired) electrons. The number of anilines is 1. The van der Waals surface area contributed by atoms with E-state index in [9.17, 15) is 29.2 Å². The molecule has 1 atom stereocenters. The highest BCUT2D eigenvalue weighted by Crippen LogP contribution is 2.39. The Kier molecular flexibility index (Phi) is 3.89. The second-order valence-corrected chi connectivity index (χ2v) is 6.90. The second kappa shape index (κ2) is 5.76. The summed E-state index contributed by atoms with van der Waals surface area (Å²) in [5.41, 5.74) is -1.47. The maximum Gasteiger partial charge on any atom is 0.290 e. The first-order valence-electron chi connectivity index (χ1n) is 6.30. The van der Waals surface area contributed by atoms with Crippen molar-refractivity contribution in [3.05, 3.63) is 66.7 Å². The number of carbonyl (C=O) groups is 1. The number of hydrogen-bond donors (Lipinski definition) is 0. The summed E-state index contributed by atoms with van der Waals surface area (Å²) in [5.74, 6) is -0.841. The van der Waals surface area contributed by atoms with E-state index in [1.807, 2.05) is 0 Å². The Morgan fingerprint density at radius 2 is 1.67 bits per heavy atom. The van der Waals surface area contributed by atoms with Gasteiger partial charge in [0.05, 0.1) is 26.5 Å². The normalized spacial score (nSPS) is 16.1. The minimum Gasteiger partial charge on any atom is -0.267 e. The lowest BCUT2D eigenvalue weighted by molar-refractivity contribution is -0.394. The van der Waals surface area contributed by atoms with Crippen LogP contribution < -0.4 is 4.31 Å². The summed E-state index contributed by atoms with van der Waals surface area (Å²) in [5, 5.41) is 22.1. The maximum atomic E-state index is 12.6. The van der Waals surface area contributed by atoms with Gasteiger partial charge in [-0.1, -0.05) is 15.9 Å². The van der Waals surface area contributed by atoms with Crippen LogP contribution in [-0.4, -0.2) is 20.0 Å². The maximum absolute atomic E-state index is 12.6. The molecule has 1 amide bonds. The smallest absolute Gasteiger partial charge is 0.267 e. The van der Waals surface area contributed by atoms with Crippen molar-refractivity contribution in [1.29, 1.82) is 0 Å². The average Bonchev–Trinajstić information content (AvgIpc) is 2.79. The van der Waals surface area contributed by atoms with Gasteiger partial charge in [0.2, 0.25) is 0 Å². The van der Waals surface area contributed by atoms with Crippen molar-refractivity contribution in [2.75, 3.05) is 4.31 Å². The number of rotatable bonds is 3. The number of carbonyl (C=O) groups excluding carboxylic acids is 1. The summed E-state index contributed by atoms with van der Waals surface area (Å²) in [6, 6.07) is 7.85. The Hall–Kier alpha value is -2.66. The molecule has 1 unspecified atom stereocenters. The lowest BCUT2D eigenvalue weighted by Gasteiger charge is -2.13. The molecule has 1 aliphatic rings. The van der Waals surface area contributed by atoms with Crippen molar-refractivity contribution in [2.45, 2.75) is 4.90 Å². The van der Waals surface area contributed by atoms with E-state index in [-0.39, 0.29) is 10.6 Å². The summed E-state index contributed by atoms with van der Waals surface area (Å²) < 4.78 is 14.2. The highest BCUT2D eigenvalue weighted by molar-refractivity contribution is 9.10. The van der Waals surface area contributed by atoms with Crippen LogP contribution in [0.15, 0.2) is 45.8 Å². The number of benzene rings is 2.